The molecular weight excluding hydrogens is 749 g/mol. The molecule has 58 heavy (non-hydrogen) atoms. The zero-order valence-corrected chi connectivity index (χ0v) is 34.8. The first-order chi connectivity index (χ1) is 28.0. The van der Waals surface area contributed by atoms with Crippen molar-refractivity contribution in [2.75, 3.05) is 37.6 Å². The third-order valence-corrected chi connectivity index (χ3v) is 17.3. The summed E-state index contributed by atoms with van der Waals surface area (Å²) in [5.74, 6) is 0.719. The standard InChI is InChI=1S/C46H52N4O7Si/c1-29-44(58(4,5)36-19-16-34(55-2)17-20-36)41(25-43(53)49-22-8-9-33(49)28-51)57-46(29)38-24-35(56-3)18-21-40(38)50(45(46)54)27-30-12-14-32(15-13-30)48-42(52)23-31-26-47-39-11-7-6-10-37(31)39/h6-7,10-21,24,26,29,33,41,44,47,51H,8-9,22-23,25,27-28H2,1-5H3,(H,48,52)/t29-,33-,41+,44-,46+/m0/s1. The van der Waals surface area contributed by atoms with Gasteiger partial charge in [0.2, 0.25) is 11.8 Å². The lowest BCUT2D eigenvalue weighted by Crippen LogP contribution is -2.52. The van der Waals surface area contributed by atoms with Gasteiger partial charge in [-0.25, -0.2) is 0 Å². The van der Waals surface area contributed by atoms with Crippen LogP contribution in [0.5, 0.6) is 11.5 Å². The van der Waals surface area contributed by atoms with E-state index >= 15 is 4.79 Å². The number of aromatic amines is 1. The molecule has 3 amide bonds. The Labute approximate surface area is 340 Å². The number of hydrogen-bond acceptors (Lipinski definition) is 7. The fraction of sp³-hybridized carbons (Fsp3) is 0.370. The summed E-state index contributed by atoms with van der Waals surface area (Å²) in [5, 5.41) is 15.3. The van der Waals surface area contributed by atoms with Crippen molar-refractivity contribution in [3.63, 3.8) is 0 Å². The molecule has 5 aromatic rings. The van der Waals surface area contributed by atoms with E-state index in [0.717, 1.165) is 51.9 Å². The lowest BCUT2D eigenvalue weighted by molar-refractivity contribution is -0.150. The van der Waals surface area contributed by atoms with E-state index in [1.54, 1.807) is 24.0 Å². The number of methoxy groups -OCH3 is 2. The second kappa shape index (κ2) is 15.7. The smallest absolute Gasteiger partial charge is 0.264 e. The average molecular weight is 801 g/mol. The fourth-order valence-corrected chi connectivity index (χ4v) is 14.0. The number of H-pyrrole nitrogens is 1. The minimum absolute atomic E-state index is 0.0582. The largest absolute Gasteiger partial charge is 0.497 e. The number of carbonyl (C=O) groups is 3. The third-order valence-electron chi connectivity index (χ3n) is 12.9. The van der Waals surface area contributed by atoms with Gasteiger partial charge in [-0.05, 0) is 78.0 Å². The summed E-state index contributed by atoms with van der Waals surface area (Å²) in [4.78, 5) is 49.3. The number of hydrogen-bond donors (Lipinski definition) is 3. The third kappa shape index (κ3) is 6.86. The van der Waals surface area contributed by atoms with Crippen LogP contribution in [-0.4, -0.2) is 80.3 Å². The number of aliphatic hydroxyl groups is 1. The quantitative estimate of drug-likeness (QED) is 0.123. The van der Waals surface area contributed by atoms with Gasteiger partial charge in [0.25, 0.3) is 5.91 Å². The van der Waals surface area contributed by atoms with Crippen LogP contribution in [0.25, 0.3) is 10.9 Å². The van der Waals surface area contributed by atoms with Crippen LogP contribution < -0.4 is 24.9 Å². The Morgan fingerprint density at radius 2 is 1.71 bits per heavy atom. The van der Waals surface area contributed by atoms with Gasteiger partial charge in [-0.3, -0.25) is 14.4 Å². The van der Waals surface area contributed by atoms with Crippen LogP contribution in [0, 0.1) is 5.92 Å². The molecular formula is C46H52N4O7Si. The lowest BCUT2D eigenvalue weighted by atomic mass is 9.82. The number of anilines is 2. The minimum atomic E-state index is -2.50. The maximum atomic E-state index is 15.3. The highest BCUT2D eigenvalue weighted by Gasteiger charge is 2.66. The van der Waals surface area contributed by atoms with Gasteiger partial charge in [0.15, 0.2) is 5.60 Å². The van der Waals surface area contributed by atoms with E-state index in [4.69, 9.17) is 14.2 Å². The molecule has 1 spiro atoms. The number of aliphatic hydroxyl groups excluding tert-OH is 1. The second-order valence-electron chi connectivity index (χ2n) is 16.5. The number of ether oxygens (including phenoxy) is 3. The van der Waals surface area contributed by atoms with Gasteiger partial charge in [0, 0.05) is 40.8 Å². The average Bonchev–Trinajstić information content (AvgIpc) is 4.00. The van der Waals surface area contributed by atoms with Gasteiger partial charge in [-0.15, -0.1) is 0 Å². The molecule has 3 aliphatic rings. The van der Waals surface area contributed by atoms with E-state index in [9.17, 15) is 14.7 Å². The summed E-state index contributed by atoms with van der Waals surface area (Å²) in [6.07, 6.45) is 3.28. The maximum Gasteiger partial charge on any atom is 0.264 e. The fourth-order valence-electron chi connectivity index (χ4n) is 9.95. The Hall–Kier alpha value is -5.43. The number of nitrogens with one attached hydrogen (secondary N) is 2. The summed E-state index contributed by atoms with van der Waals surface area (Å²) in [6.45, 7) is 7.50. The van der Waals surface area contributed by atoms with Crippen molar-refractivity contribution in [3.8, 4) is 11.5 Å². The van der Waals surface area contributed by atoms with Crippen LogP contribution in [0.1, 0.15) is 42.9 Å². The predicted molar refractivity (Wildman–Crippen MR) is 227 cm³/mol. The monoisotopic (exact) mass is 800 g/mol. The Kier molecular flexibility index (Phi) is 10.7. The first-order valence-electron chi connectivity index (χ1n) is 20.2. The Morgan fingerprint density at radius 1 is 0.983 bits per heavy atom. The molecule has 11 nitrogen and oxygen atoms in total. The summed E-state index contributed by atoms with van der Waals surface area (Å²) in [6, 6.07) is 29.2. The van der Waals surface area contributed by atoms with Crippen LogP contribution in [0.15, 0.2) is 97.2 Å². The van der Waals surface area contributed by atoms with E-state index < -0.39 is 19.8 Å². The highest BCUT2D eigenvalue weighted by Crippen LogP contribution is 2.60. The highest BCUT2D eigenvalue weighted by molar-refractivity contribution is 6.91. The summed E-state index contributed by atoms with van der Waals surface area (Å²) >= 11 is 0. The molecule has 2 fully saturated rings. The van der Waals surface area contributed by atoms with Crippen molar-refractivity contribution in [1.82, 2.24) is 9.88 Å². The number of rotatable bonds is 12. The molecule has 3 aliphatic heterocycles. The molecule has 0 unspecified atom stereocenters. The zero-order valence-electron chi connectivity index (χ0n) is 33.8. The number of fused-ring (bicyclic) bond motifs is 3. The topological polar surface area (TPSA) is 133 Å². The number of likely N-dealkylation sites (tertiary alicyclic amines) is 1. The number of amides is 3. The van der Waals surface area contributed by atoms with Gasteiger partial charge in [-0.2, -0.15) is 0 Å². The van der Waals surface area contributed by atoms with Gasteiger partial charge < -0.3 is 39.4 Å². The first-order valence-corrected chi connectivity index (χ1v) is 23.2. The van der Waals surface area contributed by atoms with Crippen molar-refractivity contribution < 1.29 is 33.7 Å². The van der Waals surface area contributed by atoms with Crippen LogP contribution in [0.2, 0.25) is 18.6 Å². The van der Waals surface area contributed by atoms with Crippen molar-refractivity contribution in [1.29, 1.82) is 0 Å². The molecule has 0 aliphatic carbocycles. The van der Waals surface area contributed by atoms with Gasteiger partial charge in [0.05, 0.1) is 66.1 Å². The number of aromatic nitrogens is 1. The minimum Gasteiger partial charge on any atom is -0.497 e. The number of para-hydroxylation sites is 1. The normalized spacial score (nSPS) is 22.8. The Bertz CT molecular complexity index is 2330. The van der Waals surface area contributed by atoms with Crippen LogP contribution in [-0.2, 0) is 37.7 Å². The van der Waals surface area contributed by atoms with Crippen molar-refractivity contribution in [2.45, 2.75) is 75.5 Å². The molecule has 1 aromatic heterocycles. The molecule has 4 heterocycles. The molecule has 0 saturated carbocycles. The maximum absolute atomic E-state index is 15.3. The van der Waals surface area contributed by atoms with E-state index in [1.165, 1.54) is 5.19 Å². The molecule has 3 N–H and O–H groups in total. The lowest BCUT2D eigenvalue weighted by Gasteiger charge is -2.37. The number of carbonyl (C=O) groups excluding carboxylic acids is 3. The predicted octanol–water partition coefficient (Wildman–Crippen LogP) is 6.50. The molecule has 302 valence electrons. The van der Waals surface area contributed by atoms with Crippen molar-refractivity contribution >= 4 is 53.3 Å². The molecule has 2 saturated heterocycles. The summed E-state index contributed by atoms with van der Waals surface area (Å²) in [7, 11) is 0.765. The molecule has 5 atom stereocenters. The Balaban J connectivity index is 1.09. The van der Waals surface area contributed by atoms with Gasteiger partial charge in [0.1, 0.15) is 11.5 Å². The van der Waals surface area contributed by atoms with Crippen molar-refractivity contribution in [2.24, 2.45) is 5.92 Å². The van der Waals surface area contributed by atoms with Crippen LogP contribution >= 0.6 is 0 Å². The van der Waals surface area contributed by atoms with E-state index in [0.29, 0.717) is 18.0 Å². The number of nitrogens with zero attached hydrogens (tertiary/aromatic N) is 2. The van der Waals surface area contributed by atoms with E-state index in [1.807, 2.05) is 85.1 Å². The highest BCUT2D eigenvalue weighted by atomic mass is 28.3. The summed E-state index contributed by atoms with van der Waals surface area (Å²) in [5.41, 5.74) is 3.45. The summed E-state index contributed by atoms with van der Waals surface area (Å²) < 4.78 is 18.4. The number of benzene rings is 4. The van der Waals surface area contributed by atoms with Crippen LogP contribution in [0.3, 0.4) is 0 Å². The van der Waals surface area contributed by atoms with Gasteiger partial charge >= 0.3 is 0 Å². The van der Waals surface area contributed by atoms with E-state index in [-0.39, 0.29) is 61.2 Å². The molecule has 0 radical (unpaired) electrons. The molecule has 12 heteroatoms. The zero-order chi connectivity index (χ0) is 40.8. The molecule has 4 aromatic carbocycles. The second-order valence-corrected chi connectivity index (χ2v) is 21.2. The Morgan fingerprint density at radius 3 is 2.43 bits per heavy atom. The van der Waals surface area contributed by atoms with Crippen molar-refractivity contribution in [3.05, 3.63) is 114 Å². The molecule has 8 rings (SSSR count). The van der Waals surface area contributed by atoms with E-state index in [2.05, 4.69) is 42.5 Å². The SMILES string of the molecule is COc1ccc([Si](C)(C)[C@@H]2[C@@H](CC(=O)N3CCC[C@H]3CO)O[C@]3(C(=O)N(Cc4ccc(NC(=O)Cc5c[nH]c6ccccc56)cc4)c4ccc(OC)cc43)[C@H]2C)cc1. The van der Waals surface area contributed by atoms with Gasteiger partial charge in [-0.1, -0.05) is 67.7 Å². The van der Waals surface area contributed by atoms with Crippen LogP contribution in [0.4, 0.5) is 11.4 Å². The first kappa shape index (κ1) is 39.4. The molecule has 0 bridgehead atoms.